The number of carbonyl (C=O) groups is 1. The molecule has 2 aliphatic heterocycles. The number of aryl methyl sites for hydroxylation is 1. The molecule has 4 nitrogen and oxygen atoms in total. The molecule has 0 aliphatic carbocycles. The Bertz CT molecular complexity index is 1080. The Morgan fingerprint density at radius 2 is 1.85 bits per heavy atom. The van der Waals surface area contributed by atoms with Gasteiger partial charge in [-0.2, -0.15) is 0 Å². The monoisotopic (exact) mass is 375 g/mol. The molecule has 2 aromatic carbocycles. The fraction of sp³-hybridized carbons (Fsp3) is 0.273. The van der Waals surface area contributed by atoms with Gasteiger partial charge in [0.1, 0.15) is 0 Å². The summed E-state index contributed by atoms with van der Waals surface area (Å²) in [7, 11) is 1.79. The van der Waals surface area contributed by atoms with E-state index >= 15 is 0 Å². The van der Waals surface area contributed by atoms with Crippen LogP contribution >= 0.6 is 12.2 Å². The van der Waals surface area contributed by atoms with Crippen molar-refractivity contribution < 1.29 is 4.79 Å². The number of amides is 2. The summed E-state index contributed by atoms with van der Waals surface area (Å²) < 4.78 is 2.37. The van der Waals surface area contributed by atoms with Crippen molar-refractivity contribution >= 4 is 34.1 Å². The highest BCUT2D eigenvalue weighted by atomic mass is 32.1. The molecule has 1 saturated heterocycles. The van der Waals surface area contributed by atoms with Crippen LogP contribution in [0.1, 0.15) is 28.3 Å². The first kappa shape index (κ1) is 16.5. The van der Waals surface area contributed by atoms with E-state index in [2.05, 4.69) is 60.0 Å². The number of thiocarbonyl (C=S) groups is 1. The molecule has 0 N–H and O–H groups in total. The maximum absolute atomic E-state index is 12.6. The highest BCUT2D eigenvalue weighted by Crippen LogP contribution is 2.41. The number of para-hydroxylation sites is 1. The van der Waals surface area contributed by atoms with Crippen LogP contribution in [0.5, 0.6) is 0 Å². The minimum Gasteiger partial charge on any atom is -0.338 e. The SMILES string of the molecule is Cc1ccc(Cn2c3c(c4ccccc42)C2CN(C3)C(=O)N(C)C2=S)cc1. The second kappa shape index (κ2) is 5.92. The van der Waals surface area contributed by atoms with E-state index in [4.69, 9.17) is 12.2 Å². The minimum atomic E-state index is 0.00837. The van der Waals surface area contributed by atoms with Gasteiger partial charge in [0.15, 0.2) is 0 Å². The van der Waals surface area contributed by atoms with Gasteiger partial charge in [0, 0.05) is 36.7 Å². The average molecular weight is 375 g/mol. The fourth-order valence-electron chi connectivity index (χ4n) is 4.44. The topological polar surface area (TPSA) is 28.5 Å². The number of likely N-dealkylation sites (N-methyl/N-ethyl adjacent to an activating group) is 1. The van der Waals surface area contributed by atoms with Gasteiger partial charge in [-0.25, -0.2) is 4.79 Å². The first-order chi connectivity index (χ1) is 13.0. The average Bonchev–Trinajstić information content (AvgIpc) is 3.00. The molecule has 1 unspecified atom stereocenters. The summed E-state index contributed by atoms with van der Waals surface area (Å²) in [6, 6.07) is 17.2. The number of carbonyl (C=O) groups excluding carboxylic acids is 1. The minimum absolute atomic E-state index is 0.00837. The summed E-state index contributed by atoms with van der Waals surface area (Å²) in [4.78, 5) is 16.9. The maximum Gasteiger partial charge on any atom is 0.325 e. The summed E-state index contributed by atoms with van der Waals surface area (Å²) in [6.45, 7) is 4.23. The van der Waals surface area contributed by atoms with Crippen molar-refractivity contribution in [2.24, 2.45) is 0 Å². The van der Waals surface area contributed by atoms with Crippen molar-refractivity contribution in [3.05, 3.63) is 70.9 Å². The Morgan fingerprint density at radius 1 is 1.11 bits per heavy atom. The van der Waals surface area contributed by atoms with Gasteiger partial charge >= 0.3 is 6.03 Å². The van der Waals surface area contributed by atoms with Gasteiger partial charge in [0.25, 0.3) is 0 Å². The van der Waals surface area contributed by atoms with Crippen molar-refractivity contribution in [1.82, 2.24) is 14.4 Å². The molecule has 3 heterocycles. The van der Waals surface area contributed by atoms with E-state index in [-0.39, 0.29) is 11.9 Å². The molecule has 5 rings (SSSR count). The standard InChI is InChI=1S/C22H21N3OS/c1-14-7-9-15(10-8-14)11-25-18-6-4-3-5-16(18)20-17-12-24(13-19(20)25)22(26)23(2)21(17)27/h3-10,17H,11-13H2,1-2H3. The molecule has 5 heteroatoms. The van der Waals surface area contributed by atoms with Gasteiger partial charge < -0.3 is 9.47 Å². The molecule has 2 aliphatic rings. The van der Waals surface area contributed by atoms with Crippen molar-refractivity contribution in [3.63, 3.8) is 0 Å². The molecule has 0 saturated carbocycles. The zero-order chi connectivity index (χ0) is 18.7. The van der Waals surface area contributed by atoms with E-state index < -0.39 is 0 Å². The summed E-state index contributed by atoms with van der Waals surface area (Å²) >= 11 is 5.67. The van der Waals surface area contributed by atoms with E-state index in [1.165, 1.54) is 33.3 Å². The summed E-state index contributed by atoms with van der Waals surface area (Å²) in [6.07, 6.45) is 0. The lowest BCUT2D eigenvalue weighted by molar-refractivity contribution is 0.161. The molecule has 0 radical (unpaired) electrons. The molecule has 27 heavy (non-hydrogen) atoms. The second-order valence-corrected chi connectivity index (χ2v) is 7.98. The highest BCUT2D eigenvalue weighted by molar-refractivity contribution is 7.80. The number of fused-ring (bicyclic) bond motifs is 6. The molecule has 1 atom stereocenters. The first-order valence-corrected chi connectivity index (χ1v) is 9.67. The van der Waals surface area contributed by atoms with E-state index in [0.717, 1.165) is 11.5 Å². The molecule has 1 aromatic heterocycles. The van der Waals surface area contributed by atoms with E-state index in [1.54, 1.807) is 11.9 Å². The Labute approximate surface area is 164 Å². The number of urea groups is 1. The Hall–Kier alpha value is -2.66. The van der Waals surface area contributed by atoms with Crippen LogP contribution in [0.25, 0.3) is 10.9 Å². The number of hydrogen-bond acceptors (Lipinski definition) is 2. The Morgan fingerprint density at radius 3 is 2.63 bits per heavy atom. The largest absolute Gasteiger partial charge is 0.338 e. The Balaban J connectivity index is 1.71. The zero-order valence-electron chi connectivity index (χ0n) is 15.5. The van der Waals surface area contributed by atoms with Crippen molar-refractivity contribution in [2.45, 2.75) is 25.9 Å². The summed E-state index contributed by atoms with van der Waals surface area (Å²) in [5.41, 5.74) is 6.27. The van der Waals surface area contributed by atoms with Crippen molar-refractivity contribution in [2.75, 3.05) is 13.6 Å². The fourth-order valence-corrected chi connectivity index (χ4v) is 4.71. The van der Waals surface area contributed by atoms with Crippen LogP contribution in [0.3, 0.4) is 0 Å². The third-order valence-electron chi connectivity index (χ3n) is 5.86. The van der Waals surface area contributed by atoms with Crippen molar-refractivity contribution in [1.29, 1.82) is 0 Å². The van der Waals surface area contributed by atoms with Crippen LogP contribution in [-0.4, -0.2) is 39.0 Å². The van der Waals surface area contributed by atoms with Crippen LogP contribution in [0, 0.1) is 6.92 Å². The predicted octanol–water partition coefficient (Wildman–Crippen LogP) is 4.29. The van der Waals surface area contributed by atoms with E-state index in [9.17, 15) is 4.79 Å². The van der Waals surface area contributed by atoms with Crippen LogP contribution in [0.2, 0.25) is 0 Å². The zero-order valence-corrected chi connectivity index (χ0v) is 16.3. The number of aromatic nitrogens is 1. The van der Waals surface area contributed by atoms with Crippen LogP contribution in [0.4, 0.5) is 4.79 Å². The Kier molecular flexibility index (Phi) is 3.62. The first-order valence-electron chi connectivity index (χ1n) is 9.26. The van der Waals surface area contributed by atoms with E-state index in [1.807, 2.05) is 4.90 Å². The predicted molar refractivity (Wildman–Crippen MR) is 111 cm³/mol. The molecule has 2 bridgehead atoms. The molecule has 0 spiro atoms. The summed E-state index contributed by atoms with van der Waals surface area (Å²) in [5.74, 6) is 0.0932. The number of rotatable bonds is 2. The van der Waals surface area contributed by atoms with Crippen LogP contribution in [-0.2, 0) is 13.1 Å². The molecule has 1 fully saturated rings. The molecule has 136 valence electrons. The molecular formula is C22H21N3OS. The third kappa shape index (κ3) is 2.42. The van der Waals surface area contributed by atoms with Gasteiger partial charge in [-0.3, -0.25) is 4.90 Å². The molecular weight excluding hydrogens is 354 g/mol. The van der Waals surface area contributed by atoms with Gasteiger partial charge in [-0.15, -0.1) is 0 Å². The number of benzene rings is 2. The van der Waals surface area contributed by atoms with Crippen LogP contribution < -0.4 is 0 Å². The highest BCUT2D eigenvalue weighted by Gasteiger charge is 2.42. The third-order valence-corrected chi connectivity index (χ3v) is 6.42. The van der Waals surface area contributed by atoms with Crippen LogP contribution in [0.15, 0.2) is 48.5 Å². The lowest BCUT2D eigenvalue weighted by Gasteiger charge is -2.42. The summed E-state index contributed by atoms with van der Waals surface area (Å²) in [5, 5.41) is 1.26. The lowest BCUT2D eigenvalue weighted by atomic mass is 9.89. The smallest absolute Gasteiger partial charge is 0.325 e. The van der Waals surface area contributed by atoms with Gasteiger partial charge in [0.05, 0.1) is 17.5 Å². The molecule has 3 aromatic rings. The number of hydrogen-bond donors (Lipinski definition) is 0. The number of nitrogens with zero attached hydrogens (tertiary/aromatic N) is 3. The van der Waals surface area contributed by atoms with E-state index in [0.29, 0.717) is 13.1 Å². The van der Waals surface area contributed by atoms with Crippen molar-refractivity contribution in [3.8, 4) is 0 Å². The second-order valence-electron chi connectivity index (χ2n) is 7.56. The maximum atomic E-state index is 12.6. The lowest BCUT2D eigenvalue weighted by Crippen LogP contribution is -2.55. The quantitative estimate of drug-likeness (QED) is 0.625. The van der Waals surface area contributed by atoms with Gasteiger partial charge in [-0.05, 0) is 24.1 Å². The van der Waals surface area contributed by atoms with Gasteiger partial charge in [0.2, 0.25) is 0 Å². The van der Waals surface area contributed by atoms with Gasteiger partial charge in [-0.1, -0.05) is 60.2 Å². The molecule has 2 amide bonds. The normalized spacial score (nSPS) is 19.0.